The Morgan fingerprint density at radius 2 is 2.16 bits per heavy atom. The quantitative estimate of drug-likeness (QED) is 0.794. The number of carbonyl (C=O) groups excluding carboxylic acids is 2. The van der Waals surface area contributed by atoms with Gasteiger partial charge in [-0.1, -0.05) is 18.2 Å². The zero-order valence-corrected chi connectivity index (χ0v) is 10.3. The van der Waals surface area contributed by atoms with Gasteiger partial charge in [0.2, 0.25) is 11.9 Å². The predicted octanol–water partition coefficient (Wildman–Crippen LogP) is 1.17. The standard InChI is InChI=1S/C13H14N4O2/c18-11-10-7-4-8-17(10)12(15-11)16-13(19)14-9-5-2-1-3-6-9/h1-3,5-6,10H,4,7-8H2,(H2,14,15,16,18,19). The lowest BCUT2D eigenvalue weighted by atomic mass is 10.2. The minimum atomic E-state index is -0.478. The number of hydrogen-bond donors (Lipinski definition) is 2. The van der Waals surface area contributed by atoms with Gasteiger partial charge in [0.1, 0.15) is 6.04 Å². The molecule has 1 aromatic carbocycles. The first-order chi connectivity index (χ1) is 9.24. The summed E-state index contributed by atoms with van der Waals surface area (Å²) in [6.07, 6.45) is 1.78. The molecule has 0 spiro atoms. The summed E-state index contributed by atoms with van der Waals surface area (Å²) in [6.45, 7) is 0.765. The number of anilines is 1. The van der Waals surface area contributed by atoms with E-state index in [9.17, 15) is 9.59 Å². The summed E-state index contributed by atoms with van der Waals surface area (Å²) in [7, 11) is 0. The van der Waals surface area contributed by atoms with E-state index in [0.29, 0.717) is 11.6 Å². The van der Waals surface area contributed by atoms with E-state index >= 15 is 0 Å². The molecule has 2 fully saturated rings. The summed E-state index contributed by atoms with van der Waals surface area (Å²) < 4.78 is 0. The molecule has 0 bridgehead atoms. The monoisotopic (exact) mass is 258 g/mol. The Hall–Kier alpha value is -2.37. The maximum atomic E-state index is 11.8. The fraction of sp³-hybridized carbons (Fsp3) is 0.308. The number of benzene rings is 1. The van der Waals surface area contributed by atoms with Crippen molar-refractivity contribution in [2.24, 2.45) is 4.99 Å². The molecular formula is C13H14N4O2. The molecule has 1 unspecified atom stereocenters. The molecule has 0 saturated carbocycles. The van der Waals surface area contributed by atoms with Gasteiger partial charge >= 0.3 is 6.03 Å². The number of nitrogens with one attached hydrogen (secondary N) is 2. The Bertz CT molecular complexity index is 541. The first-order valence-electron chi connectivity index (χ1n) is 6.26. The van der Waals surface area contributed by atoms with Crippen molar-refractivity contribution in [2.75, 3.05) is 11.9 Å². The van der Waals surface area contributed by atoms with Crippen molar-refractivity contribution in [1.82, 2.24) is 10.2 Å². The van der Waals surface area contributed by atoms with Crippen LogP contribution in [-0.2, 0) is 4.79 Å². The second-order valence-corrected chi connectivity index (χ2v) is 4.57. The second kappa shape index (κ2) is 4.72. The molecule has 2 saturated heterocycles. The normalized spacial score (nSPS) is 23.4. The fourth-order valence-corrected chi connectivity index (χ4v) is 2.42. The highest BCUT2D eigenvalue weighted by Crippen LogP contribution is 2.21. The molecule has 2 N–H and O–H groups in total. The molecule has 2 heterocycles. The van der Waals surface area contributed by atoms with Gasteiger partial charge in [0.05, 0.1) is 0 Å². The Labute approximate surface area is 110 Å². The molecule has 98 valence electrons. The number of urea groups is 1. The average molecular weight is 258 g/mol. The van der Waals surface area contributed by atoms with Crippen molar-refractivity contribution >= 4 is 23.6 Å². The van der Waals surface area contributed by atoms with Gasteiger partial charge in [0.25, 0.3) is 0 Å². The number of hydrogen-bond acceptors (Lipinski definition) is 2. The summed E-state index contributed by atoms with van der Waals surface area (Å²) >= 11 is 0. The smallest absolute Gasteiger partial charge is 0.330 e. The molecule has 0 radical (unpaired) electrons. The van der Waals surface area contributed by atoms with E-state index in [1.54, 1.807) is 12.1 Å². The van der Waals surface area contributed by atoms with Crippen molar-refractivity contribution in [2.45, 2.75) is 18.9 Å². The molecule has 3 amide bonds. The Morgan fingerprint density at radius 1 is 1.37 bits per heavy atom. The second-order valence-electron chi connectivity index (χ2n) is 4.57. The number of fused-ring (bicyclic) bond motifs is 1. The predicted molar refractivity (Wildman–Crippen MR) is 70.8 cm³/mol. The lowest BCUT2D eigenvalue weighted by Crippen LogP contribution is -2.32. The number of para-hydroxylation sites is 1. The van der Waals surface area contributed by atoms with Crippen LogP contribution in [0.15, 0.2) is 35.3 Å². The van der Waals surface area contributed by atoms with E-state index in [-0.39, 0.29) is 11.9 Å². The van der Waals surface area contributed by atoms with Gasteiger partial charge in [-0.05, 0) is 25.0 Å². The topological polar surface area (TPSA) is 73.8 Å². The van der Waals surface area contributed by atoms with Gasteiger partial charge < -0.3 is 10.2 Å². The van der Waals surface area contributed by atoms with Crippen LogP contribution in [0.25, 0.3) is 0 Å². The van der Waals surface area contributed by atoms with E-state index in [2.05, 4.69) is 15.6 Å². The fourth-order valence-electron chi connectivity index (χ4n) is 2.42. The van der Waals surface area contributed by atoms with E-state index in [0.717, 1.165) is 19.4 Å². The number of guanidine groups is 1. The van der Waals surface area contributed by atoms with Crippen LogP contribution in [0.2, 0.25) is 0 Å². The van der Waals surface area contributed by atoms with Crippen LogP contribution in [0.5, 0.6) is 0 Å². The summed E-state index contributed by atoms with van der Waals surface area (Å²) in [6, 6.07) is 8.46. The van der Waals surface area contributed by atoms with Crippen LogP contribution in [0.3, 0.4) is 0 Å². The molecule has 3 rings (SSSR count). The van der Waals surface area contributed by atoms with Crippen molar-refractivity contribution in [3.05, 3.63) is 30.3 Å². The zero-order valence-electron chi connectivity index (χ0n) is 10.3. The minimum Gasteiger partial charge on any atom is -0.330 e. The van der Waals surface area contributed by atoms with Crippen LogP contribution < -0.4 is 10.6 Å². The maximum absolute atomic E-state index is 11.8. The molecule has 1 atom stereocenters. The van der Waals surface area contributed by atoms with E-state index < -0.39 is 6.03 Å². The highest BCUT2D eigenvalue weighted by molar-refractivity contribution is 6.10. The summed E-state index contributed by atoms with van der Waals surface area (Å²) in [5.74, 6) is 0.296. The van der Waals surface area contributed by atoms with Gasteiger partial charge in [0.15, 0.2) is 0 Å². The van der Waals surface area contributed by atoms with E-state index in [1.807, 2.05) is 23.1 Å². The van der Waals surface area contributed by atoms with Gasteiger partial charge in [-0.15, -0.1) is 0 Å². The SMILES string of the molecule is O=C(N=C1NC(=O)C2CCCN12)Nc1ccccc1. The molecule has 2 aliphatic rings. The molecular weight excluding hydrogens is 244 g/mol. The number of nitrogens with zero attached hydrogens (tertiary/aromatic N) is 2. The number of rotatable bonds is 1. The highest BCUT2D eigenvalue weighted by Gasteiger charge is 2.40. The van der Waals surface area contributed by atoms with Crippen molar-refractivity contribution < 1.29 is 9.59 Å². The van der Waals surface area contributed by atoms with Crippen LogP contribution >= 0.6 is 0 Å². The largest absolute Gasteiger partial charge is 0.348 e. The third-order valence-electron chi connectivity index (χ3n) is 3.30. The minimum absolute atomic E-state index is 0.0660. The molecule has 0 aromatic heterocycles. The van der Waals surface area contributed by atoms with Gasteiger partial charge in [-0.2, -0.15) is 4.99 Å². The lowest BCUT2D eigenvalue weighted by molar-refractivity contribution is -0.120. The van der Waals surface area contributed by atoms with Crippen LogP contribution in [0.4, 0.5) is 10.5 Å². The zero-order chi connectivity index (χ0) is 13.2. The first kappa shape index (κ1) is 11.7. The Balaban J connectivity index is 1.72. The Kier molecular flexibility index (Phi) is 2.91. The van der Waals surface area contributed by atoms with Crippen molar-refractivity contribution in [3.63, 3.8) is 0 Å². The summed E-state index contributed by atoms with van der Waals surface area (Å²) in [5, 5.41) is 5.31. The third kappa shape index (κ3) is 2.29. The number of aliphatic imine (C=N–C) groups is 1. The Morgan fingerprint density at radius 3 is 2.95 bits per heavy atom. The first-order valence-corrected chi connectivity index (χ1v) is 6.26. The summed E-state index contributed by atoms with van der Waals surface area (Å²) in [4.78, 5) is 29.2. The highest BCUT2D eigenvalue weighted by atomic mass is 16.2. The molecule has 6 nitrogen and oxygen atoms in total. The van der Waals surface area contributed by atoms with Crippen LogP contribution in [-0.4, -0.2) is 35.4 Å². The molecule has 19 heavy (non-hydrogen) atoms. The average Bonchev–Trinajstić information content (AvgIpc) is 2.97. The van der Waals surface area contributed by atoms with Crippen LogP contribution in [0, 0.1) is 0 Å². The molecule has 6 heteroatoms. The van der Waals surface area contributed by atoms with Crippen molar-refractivity contribution in [3.8, 4) is 0 Å². The number of amides is 3. The van der Waals surface area contributed by atoms with Gasteiger partial charge in [0, 0.05) is 12.2 Å². The number of carbonyl (C=O) groups is 2. The third-order valence-corrected chi connectivity index (χ3v) is 3.30. The maximum Gasteiger partial charge on any atom is 0.348 e. The molecule has 1 aromatic rings. The lowest BCUT2D eigenvalue weighted by Gasteiger charge is -2.13. The molecule has 2 aliphatic heterocycles. The molecule has 0 aliphatic carbocycles. The van der Waals surface area contributed by atoms with Gasteiger partial charge in [-0.25, -0.2) is 4.79 Å². The van der Waals surface area contributed by atoms with E-state index in [1.165, 1.54) is 0 Å². The van der Waals surface area contributed by atoms with Crippen LogP contribution in [0.1, 0.15) is 12.8 Å². The van der Waals surface area contributed by atoms with Crippen molar-refractivity contribution in [1.29, 1.82) is 0 Å². The summed E-state index contributed by atoms with van der Waals surface area (Å²) in [5.41, 5.74) is 0.680. The van der Waals surface area contributed by atoms with E-state index in [4.69, 9.17) is 0 Å². The van der Waals surface area contributed by atoms with Gasteiger partial charge in [-0.3, -0.25) is 10.1 Å².